The van der Waals surface area contributed by atoms with Gasteiger partial charge in [0.2, 0.25) is 0 Å². The van der Waals surface area contributed by atoms with Crippen LogP contribution in [0.2, 0.25) is 0 Å². The lowest BCUT2D eigenvalue weighted by Crippen LogP contribution is -2.58. The minimum atomic E-state index is 0.247. The number of rotatable bonds is 1. The van der Waals surface area contributed by atoms with Crippen LogP contribution >= 0.6 is 0 Å². The van der Waals surface area contributed by atoms with Crippen molar-refractivity contribution in [1.82, 2.24) is 4.90 Å². The van der Waals surface area contributed by atoms with Crippen molar-refractivity contribution >= 4 is 0 Å². The van der Waals surface area contributed by atoms with Gasteiger partial charge in [-0.15, -0.1) is 0 Å². The summed E-state index contributed by atoms with van der Waals surface area (Å²) < 4.78 is 5.97. The van der Waals surface area contributed by atoms with E-state index in [-0.39, 0.29) is 5.92 Å². The van der Waals surface area contributed by atoms with Gasteiger partial charge < -0.3 is 4.74 Å². The van der Waals surface area contributed by atoms with Crippen molar-refractivity contribution in [2.24, 2.45) is 11.8 Å². The average molecular weight is 262 g/mol. The number of morpholine rings is 1. The molecule has 3 fully saturated rings. The van der Waals surface area contributed by atoms with Crippen molar-refractivity contribution < 1.29 is 4.74 Å². The van der Waals surface area contributed by atoms with Crippen LogP contribution in [0.1, 0.15) is 51.9 Å². The fraction of sp³-hybridized carbons (Fsp3) is 0.938. The molecular formula is C16H26N2O. The Labute approximate surface area is 116 Å². The molecule has 0 aromatic heterocycles. The Morgan fingerprint density at radius 1 is 1.11 bits per heavy atom. The second-order valence-electron chi connectivity index (χ2n) is 6.72. The van der Waals surface area contributed by atoms with Gasteiger partial charge in [0.05, 0.1) is 24.7 Å². The van der Waals surface area contributed by atoms with Gasteiger partial charge in [-0.1, -0.05) is 19.8 Å². The highest BCUT2D eigenvalue weighted by Crippen LogP contribution is 2.37. The molecule has 106 valence electrons. The molecule has 0 aromatic carbocycles. The summed E-state index contributed by atoms with van der Waals surface area (Å²) in [4.78, 5) is 2.66. The Bertz CT molecular complexity index is 349. The van der Waals surface area contributed by atoms with Gasteiger partial charge in [-0.3, -0.25) is 4.90 Å². The Hall–Kier alpha value is -0.590. The van der Waals surface area contributed by atoms with Crippen LogP contribution < -0.4 is 0 Å². The molecule has 19 heavy (non-hydrogen) atoms. The maximum Gasteiger partial charge on any atom is 0.0731 e. The normalized spacial score (nSPS) is 44.3. The smallest absolute Gasteiger partial charge is 0.0731 e. The van der Waals surface area contributed by atoms with E-state index in [0.717, 1.165) is 25.5 Å². The molecule has 2 aliphatic carbocycles. The second kappa shape index (κ2) is 5.81. The standard InChI is InChI=1S/C16H26N2O/c1-12-6-7-13(11-17)15(10-12)18-8-9-19-16-5-3-2-4-14(16)18/h12-16H,2-10H2,1H3. The summed E-state index contributed by atoms with van der Waals surface area (Å²) in [6, 6.07) is 3.67. The molecule has 1 aliphatic heterocycles. The van der Waals surface area contributed by atoms with Crippen molar-refractivity contribution in [2.45, 2.75) is 70.1 Å². The van der Waals surface area contributed by atoms with Gasteiger partial charge in [-0.05, 0) is 38.0 Å². The minimum Gasteiger partial charge on any atom is -0.375 e. The quantitative estimate of drug-likeness (QED) is 0.729. The van der Waals surface area contributed by atoms with Gasteiger partial charge >= 0.3 is 0 Å². The zero-order valence-electron chi connectivity index (χ0n) is 12.1. The fourth-order valence-electron chi connectivity index (χ4n) is 4.41. The van der Waals surface area contributed by atoms with Gasteiger partial charge in [0, 0.05) is 18.6 Å². The highest BCUT2D eigenvalue weighted by molar-refractivity contribution is 5.01. The first-order chi connectivity index (χ1) is 9.29. The van der Waals surface area contributed by atoms with Crippen LogP contribution in [0, 0.1) is 23.2 Å². The highest BCUT2D eigenvalue weighted by atomic mass is 16.5. The van der Waals surface area contributed by atoms with E-state index in [4.69, 9.17) is 4.74 Å². The molecule has 1 saturated heterocycles. The molecule has 5 atom stereocenters. The lowest BCUT2D eigenvalue weighted by atomic mass is 9.77. The summed E-state index contributed by atoms with van der Waals surface area (Å²) in [5.74, 6) is 1.02. The number of nitriles is 1. The van der Waals surface area contributed by atoms with E-state index in [0.29, 0.717) is 18.2 Å². The van der Waals surface area contributed by atoms with Crippen LogP contribution in [0.3, 0.4) is 0 Å². The first-order valence-electron chi connectivity index (χ1n) is 8.06. The van der Waals surface area contributed by atoms with Crippen LogP contribution in [0.25, 0.3) is 0 Å². The van der Waals surface area contributed by atoms with Gasteiger partial charge in [0.25, 0.3) is 0 Å². The summed E-state index contributed by atoms with van der Waals surface area (Å²) >= 11 is 0. The largest absolute Gasteiger partial charge is 0.375 e. The molecule has 0 N–H and O–H groups in total. The van der Waals surface area contributed by atoms with Gasteiger partial charge in [-0.25, -0.2) is 0 Å². The Kier molecular flexibility index (Phi) is 4.10. The SMILES string of the molecule is CC1CCC(C#N)C(N2CCOC3CCCCC32)C1. The summed E-state index contributed by atoms with van der Waals surface area (Å²) in [5, 5.41) is 9.47. The predicted molar refractivity (Wildman–Crippen MR) is 74.6 cm³/mol. The lowest BCUT2D eigenvalue weighted by Gasteiger charge is -2.50. The molecule has 0 spiro atoms. The zero-order valence-corrected chi connectivity index (χ0v) is 12.1. The number of nitrogens with zero attached hydrogens (tertiary/aromatic N) is 2. The van der Waals surface area contributed by atoms with E-state index < -0.39 is 0 Å². The van der Waals surface area contributed by atoms with E-state index in [2.05, 4.69) is 17.9 Å². The van der Waals surface area contributed by atoms with Crippen LogP contribution in [-0.4, -0.2) is 36.2 Å². The third-order valence-corrected chi connectivity index (χ3v) is 5.45. The molecular weight excluding hydrogens is 236 g/mol. The maximum absolute atomic E-state index is 9.47. The Morgan fingerprint density at radius 2 is 1.95 bits per heavy atom. The summed E-state index contributed by atoms with van der Waals surface area (Å²) in [6.45, 7) is 4.25. The van der Waals surface area contributed by atoms with Gasteiger partial charge in [-0.2, -0.15) is 5.26 Å². The van der Waals surface area contributed by atoms with Crippen LogP contribution in [-0.2, 0) is 4.74 Å². The number of ether oxygens (including phenoxy) is 1. The van der Waals surface area contributed by atoms with Crippen molar-refractivity contribution in [3.05, 3.63) is 0 Å². The van der Waals surface area contributed by atoms with Gasteiger partial charge in [0.15, 0.2) is 0 Å². The average Bonchev–Trinajstić information content (AvgIpc) is 2.46. The molecule has 3 aliphatic rings. The monoisotopic (exact) mass is 262 g/mol. The molecule has 0 amide bonds. The maximum atomic E-state index is 9.47. The van der Waals surface area contributed by atoms with Gasteiger partial charge in [0.1, 0.15) is 0 Å². The van der Waals surface area contributed by atoms with E-state index >= 15 is 0 Å². The van der Waals surface area contributed by atoms with Crippen molar-refractivity contribution in [3.8, 4) is 6.07 Å². The van der Waals surface area contributed by atoms with Crippen LogP contribution in [0.5, 0.6) is 0 Å². The van der Waals surface area contributed by atoms with Crippen molar-refractivity contribution in [1.29, 1.82) is 5.26 Å². The third kappa shape index (κ3) is 2.66. The van der Waals surface area contributed by atoms with E-state index in [9.17, 15) is 5.26 Å². The summed E-state index contributed by atoms with van der Waals surface area (Å²) in [6.07, 6.45) is 9.12. The summed E-state index contributed by atoms with van der Waals surface area (Å²) in [5.41, 5.74) is 0. The van der Waals surface area contributed by atoms with Crippen molar-refractivity contribution in [3.63, 3.8) is 0 Å². The van der Waals surface area contributed by atoms with Crippen LogP contribution in [0.15, 0.2) is 0 Å². The van der Waals surface area contributed by atoms with E-state index in [1.54, 1.807) is 0 Å². The number of hydrogen-bond donors (Lipinski definition) is 0. The topological polar surface area (TPSA) is 36.3 Å². The molecule has 1 heterocycles. The van der Waals surface area contributed by atoms with Crippen molar-refractivity contribution in [2.75, 3.05) is 13.2 Å². The molecule has 0 aromatic rings. The van der Waals surface area contributed by atoms with E-state index in [1.165, 1.54) is 38.5 Å². The minimum absolute atomic E-state index is 0.247. The zero-order chi connectivity index (χ0) is 13.2. The molecule has 3 nitrogen and oxygen atoms in total. The molecule has 3 rings (SSSR count). The first kappa shape index (κ1) is 13.4. The lowest BCUT2D eigenvalue weighted by molar-refractivity contribution is -0.113. The summed E-state index contributed by atoms with van der Waals surface area (Å²) in [7, 11) is 0. The first-order valence-corrected chi connectivity index (χ1v) is 8.06. The molecule has 0 bridgehead atoms. The Balaban J connectivity index is 1.76. The number of hydrogen-bond acceptors (Lipinski definition) is 3. The Morgan fingerprint density at radius 3 is 2.79 bits per heavy atom. The second-order valence-corrected chi connectivity index (χ2v) is 6.72. The number of fused-ring (bicyclic) bond motifs is 1. The third-order valence-electron chi connectivity index (χ3n) is 5.45. The molecule has 0 radical (unpaired) electrons. The van der Waals surface area contributed by atoms with Crippen LogP contribution in [0.4, 0.5) is 0 Å². The highest BCUT2D eigenvalue weighted by Gasteiger charge is 2.41. The molecule has 3 heteroatoms. The predicted octanol–water partition coefficient (Wildman–Crippen LogP) is 2.96. The molecule has 5 unspecified atom stereocenters. The van der Waals surface area contributed by atoms with E-state index in [1.807, 2.05) is 0 Å². The fourth-order valence-corrected chi connectivity index (χ4v) is 4.41. The molecule has 2 saturated carbocycles.